The Morgan fingerprint density at radius 2 is 1.62 bits per heavy atom. The van der Waals surface area contributed by atoms with Crippen LogP contribution in [0.25, 0.3) is 0 Å². The topological polar surface area (TPSA) is 76.8 Å². The third-order valence-electron chi connectivity index (χ3n) is 3.17. The Labute approximate surface area is 134 Å². The first-order chi connectivity index (χ1) is 9.72. The molecule has 0 amide bonds. The first kappa shape index (κ1) is 19.4. The standard InChI is InChI=1S/C16H26N4.ClH/c1-2-3-4-5-6-7-14-8-10-15(11-9-14)12-13-19-20-16(17)18;/h8-11,13H,2-7,12H2,1H3,(H4,17,18,20);1H. The number of halogens is 1. The van der Waals surface area contributed by atoms with E-state index in [4.69, 9.17) is 11.5 Å². The summed E-state index contributed by atoms with van der Waals surface area (Å²) >= 11 is 0. The fourth-order valence-corrected chi connectivity index (χ4v) is 2.03. The molecular formula is C16H27ClN4. The van der Waals surface area contributed by atoms with Crippen molar-refractivity contribution in [1.82, 2.24) is 0 Å². The molecule has 1 aromatic carbocycles. The Balaban J connectivity index is 0.00000400. The van der Waals surface area contributed by atoms with Crippen molar-refractivity contribution < 1.29 is 0 Å². The lowest BCUT2D eigenvalue weighted by Gasteiger charge is -2.03. The van der Waals surface area contributed by atoms with Gasteiger partial charge >= 0.3 is 0 Å². The monoisotopic (exact) mass is 310 g/mol. The summed E-state index contributed by atoms with van der Waals surface area (Å²) in [6.07, 6.45) is 10.3. The highest BCUT2D eigenvalue weighted by Gasteiger charge is 1.95. The zero-order valence-electron chi connectivity index (χ0n) is 12.8. The van der Waals surface area contributed by atoms with Gasteiger partial charge in [0.25, 0.3) is 0 Å². The number of nitrogens with two attached hydrogens (primary N) is 2. The smallest absolute Gasteiger partial charge is 0.211 e. The Kier molecular flexibility index (Phi) is 11.3. The molecule has 0 aromatic heterocycles. The Morgan fingerprint density at radius 1 is 1.00 bits per heavy atom. The molecule has 0 saturated heterocycles. The summed E-state index contributed by atoms with van der Waals surface area (Å²) in [5.41, 5.74) is 13.0. The number of aryl methyl sites for hydroxylation is 1. The average molecular weight is 311 g/mol. The van der Waals surface area contributed by atoms with Crippen molar-refractivity contribution in [1.29, 1.82) is 0 Å². The highest BCUT2D eigenvalue weighted by atomic mass is 35.5. The first-order valence-electron chi connectivity index (χ1n) is 7.40. The second-order valence-corrected chi connectivity index (χ2v) is 5.01. The molecule has 0 unspecified atom stereocenters. The van der Waals surface area contributed by atoms with E-state index in [0.717, 1.165) is 6.42 Å². The number of nitrogens with zero attached hydrogens (tertiary/aromatic N) is 2. The van der Waals surface area contributed by atoms with Gasteiger partial charge in [-0.15, -0.1) is 17.5 Å². The van der Waals surface area contributed by atoms with Crippen molar-refractivity contribution in [3.8, 4) is 0 Å². The average Bonchev–Trinajstić information content (AvgIpc) is 2.44. The van der Waals surface area contributed by atoms with Crippen LogP contribution in [0.15, 0.2) is 34.5 Å². The van der Waals surface area contributed by atoms with Gasteiger partial charge < -0.3 is 11.5 Å². The number of hydrogen-bond donors (Lipinski definition) is 2. The second-order valence-electron chi connectivity index (χ2n) is 5.01. The molecule has 4 N–H and O–H groups in total. The predicted molar refractivity (Wildman–Crippen MR) is 94.2 cm³/mol. The van der Waals surface area contributed by atoms with Gasteiger partial charge in [-0.25, -0.2) is 0 Å². The van der Waals surface area contributed by atoms with E-state index in [9.17, 15) is 0 Å². The molecule has 5 heteroatoms. The number of benzene rings is 1. The highest BCUT2D eigenvalue weighted by molar-refractivity contribution is 5.85. The maximum atomic E-state index is 5.18. The van der Waals surface area contributed by atoms with Crippen LogP contribution in [0.4, 0.5) is 0 Å². The lowest BCUT2D eigenvalue weighted by Crippen LogP contribution is -2.21. The molecule has 0 aliphatic carbocycles. The summed E-state index contributed by atoms with van der Waals surface area (Å²) in [5.74, 6) is -0.0142. The quantitative estimate of drug-likeness (QED) is 0.317. The van der Waals surface area contributed by atoms with Crippen molar-refractivity contribution >= 4 is 24.6 Å². The number of guanidine groups is 1. The van der Waals surface area contributed by atoms with E-state index in [1.807, 2.05) is 0 Å². The van der Waals surface area contributed by atoms with Gasteiger partial charge in [-0.05, 0) is 24.0 Å². The molecule has 0 heterocycles. The van der Waals surface area contributed by atoms with Crippen LogP contribution in [0.2, 0.25) is 0 Å². The Bertz CT molecular complexity index is 422. The lowest BCUT2D eigenvalue weighted by molar-refractivity contribution is 0.632. The second kappa shape index (κ2) is 12.2. The van der Waals surface area contributed by atoms with E-state index in [1.54, 1.807) is 6.21 Å². The van der Waals surface area contributed by atoms with E-state index < -0.39 is 0 Å². The summed E-state index contributed by atoms with van der Waals surface area (Å²) in [4.78, 5) is 0. The number of hydrogen-bond acceptors (Lipinski definition) is 2. The molecular weight excluding hydrogens is 284 g/mol. The van der Waals surface area contributed by atoms with Gasteiger partial charge in [-0.2, -0.15) is 5.10 Å². The largest absolute Gasteiger partial charge is 0.369 e. The molecule has 0 radical (unpaired) electrons. The normalized spacial score (nSPS) is 10.3. The van der Waals surface area contributed by atoms with Gasteiger partial charge in [0.2, 0.25) is 5.96 Å². The third-order valence-corrected chi connectivity index (χ3v) is 3.17. The van der Waals surface area contributed by atoms with E-state index in [-0.39, 0.29) is 18.4 Å². The van der Waals surface area contributed by atoms with Crippen LogP contribution in [0.5, 0.6) is 0 Å². The van der Waals surface area contributed by atoms with Crippen LogP contribution in [-0.4, -0.2) is 12.2 Å². The summed E-state index contributed by atoms with van der Waals surface area (Å²) in [6, 6.07) is 8.68. The van der Waals surface area contributed by atoms with Crippen LogP contribution >= 0.6 is 12.4 Å². The van der Waals surface area contributed by atoms with Crippen molar-refractivity contribution in [2.24, 2.45) is 21.7 Å². The lowest BCUT2D eigenvalue weighted by atomic mass is 10.0. The fourth-order valence-electron chi connectivity index (χ4n) is 2.03. The fraction of sp³-hybridized carbons (Fsp3) is 0.500. The van der Waals surface area contributed by atoms with E-state index in [0.29, 0.717) is 0 Å². The Hall–Kier alpha value is -1.55. The summed E-state index contributed by atoms with van der Waals surface area (Å²) in [7, 11) is 0. The van der Waals surface area contributed by atoms with Gasteiger partial charge in [0, 0.05) is 12.6 Å². The maximum absolute atomic E-state index is 5.18. The summed E-state index contributed by atoms with van der Waals surface area (Å²) in [5, 5.41) is 7.34. The van der Waals surface area contributed by atoms with Crippen LogP contribution in [0.1, 0.15) is 50.2 Å². The minimum absolute atomic E-state index is 0. The van der Waals surface area contributed by atoms with Crippen LogP contribution in [0, 0.1) is 0 Å². The summed E-state index contributed by atoms with van der Waals surface area (Å²) < 4.78 is 0. The van der Waals surface area contributed by atoms with Crippen molar-refractivity contribution in [3.05, 3.63) is 35.4 Å². The van der Waals surface area contributed by atoms with Crippen molar-refractivity contribution in [3.63, 3.8) is 0 Å². The molecule has 21 heavy (non-hydrogen) atoms. The molecule has 0 aliphatic rings. The first-order valence-corrected chi connectivity index (χ1v) is 7.40. The van der Waals surface area contributed by atoms with E-state index >= 15 is 0 Å². The molecule has 0 aliphatic heterocycles. The molecule has 1 aromatic rings. The van der Waals surface area contributed by atoms with Crippen LogP contribution in [0.3, 0.4) is 0 Å². The Morgan fingerprint density at radius 3 is 2.24 bits per heavy atom. The molecule has 0 bridgehead atoms. The van der Waals surface area contributed by atoms with Crippen LogP contribution < -0.4 is 11.5 Å². The van der Waals surface area contributed by atoms with Crippen LogP contribution in [-0.2, 0) is 12.8 Å². The van der Waals surface area contributed by atoms with Gasteiger partial charge in [0.15, 0.2) is 0 Å². The van der Waals surface area contributed by atoms with Gasteiger partial charge in [-0.3, -0.25) is 0 Å². The maximum Gasteiger partial charge on any atom is 0.211 e. The number of rotatable bonds is 9. The molecule has 0 fully saturated rings. The summed E-state index contributed by atoms with van der Waals surface area (Å²) in [6.45, 7) is 2.25. The number of unbranched alkanes of at least 4 members (excludes halogenated alkanes) is 4. The van der Waals surface area contributed by atoms with E-state index in [2.05, 4.69) is 41.4 Å². The molecule has 118 valence electrons. The zero-order chi connectivity index (χ0) is 14.6. The minimum Gasteiger partial charge on any atom is -0.369 e. The van der Waals surface area contributed by atoms with Gasteiger partial charge in [-0.1, -0.05) is 56.9 Å². The zero-order valence-corrected chi connectivity index (χ0v) is 13.6. The molecule has 0 spiro atoms. The molecule has 0 atom stereocenters. The van der Waals surface area contributed by atoms with Gasteiger partial charge in [0.1, 0.15) is 0 Å². The minimum atomic E-state index is -0.0142. The van der Waals surface area contributed by atoms with Gasteiger partial charge in [0.05, 0.1) is 0 Å². The highest BCUT2D eigenvalue weighted by Crippen LogP contribution is 2.10. The molecule has 1 rings (SSSR count). The molecule has 0 saturated carbocycles. The van der Waals surface area contributed by atoms with E-state index in [1.165, 1.54) is 49.7 Å². The third kappa shape index (κ3) is 9.91. The van der Waals surface area contributed by atoms with Crippen molar-refractivity contribution in [2.45, 2.75) is 51.9 Å². The predicted octanol–water partition coefficient (Wildman–Crippen LogP) is 3.42. The SMILES string of the molecule is CCCCCCCc1ccc(CC=NN=C(N)N)cc1.Cl. The van der Waals surface area contributed by atoms with Crippen molar-refractivity contribution in [2.75, 3.05) is 0 Å². The molecule has 4 nitrogen and oxygen atoms in total.